The first-order valence-corrected chi connectivity index (χ1v) is 10.0. The number of hydrogen-bond acceptors (Lipinski definition) is 5. The Balaban J connectivity index is 1.77. The van der Waals surface area contributed by atoms with Crippen molar-refractivity contribution in [2.75, 3.05) is 0 Å². The van der Waals surface area contributed by atoms with Crippen molar-refractivity contribution < 1.29 is 24.9 Å². The van der Waals surface area contributed by atoms with Gasteiger partial charge in [-0.3, -0.25) is 0 Å². The van der Waals surface area contributed by atoms with Crippen molar-refractivity contribution in [2.45, 2.75) is 89.1 Å². The van der Waals surface area contributed by atoms with Gasteiger partial charge in [-0.1, -0.05) is 31.2 Å². The van der Waals surface area contributed by atoms with E-state index in [1.165, 1.54) is 0 Å². The fourth-order valence-corrected chi connectivity index (χ4v) is 3.81. The second kappa shape index (κ2) is 10.9. The average Bonchev–Trinajstić information content (AvgIpc) is 2.59. The number of allylic oxidation sites excluding steroid dienone is 2. The van der Waals surface area contributed by atoms with Gasteiger partial charge in [0.1, 0.15) is 0 Å². The lowest BCUT2D eigenvalue weighted by atomic mass is 9.67. The highest BCUT2D eigenvalue weighted by Gasteiger charge is 2.45. The molecule has 2 heterocycles. The highest BCUT2D eigenvalue weighted by atomic mass is 16.5. The first kappa shape index (κ1) is 21.1. The predicted octanol–water partition coefficient (Wildman–Crippen LogP) is 2.11. The minimum atomic E-state index is -0.991. The van der Waals surface area contributed by atoms with Crippen LogP contribution in [0.5, 0.6) is 0 Å². The molecule has 26 heavy (non-hydrogen) atoms. The molecule has 0 amide bonds. The topological polar surface area (TPSA) is 89.8 Å². The minimum Gasteiger partial charge on any atom is -0.550 e. The molecule has 0 aromatic heterocycles. The van der Waals surface area contributed by atoms with Crippen LogP contribution < -0.4 is 5.11 Å². The quantitative estimate of drug-likeness (QED) is 0.408. The normalized spacial score (nSPS) is 30.4. The number of ether oxygens (including phenoxy) is 1. The second-order valence-electron chi connectivity index (χ2n) is 7.68. The van der Waals surface area contributed by atoms with Crippen LogP contribution in [0.4, 0.5) is 0 Å². The van der Waals surface area contributed by atoms with Gasteiger partial charge in [0, 0.05) is 5.97 Å². The number of rotatable bonds is 12. The number of unbranched alkanes of at least 4 members (excludes halogenated alkanes) is 1. The number of aliphatic carboxylic acids is 1. The first-order chi connectivity index (χ1) is 12.5. The molecule has 2 bridgehead atoms. The van der Waals surface area contributed by atoms with E-state index in [4.69, 9.17) is 4.74 Å². The van der Waals surface area contributed by atoms with Crippen LogP contribution >= 0.6 is 0 Å². The lowest BCUT2D eigenvalue weighted by Gasteiger charge is -2.50. The Morgan fingerprint density at radius 1 is 1.27 bits per heavy atom. The van der Waals surface area contributed by atoms with Crippen LogP contribution in [0, 0.1) is 11.8 Å². The fraction of sp³-hybridized carbons (Fsp3) is 0.762. The average molecular weight is 365 g/mol. The largest absolute Gasteiger partial charge is 0.550 e. The van der Waals surface area contributed by atoms with Crippen molar-refractivity contribution in [2.24, 2.45) is 11.8 Å². The van der Waals surface area contributed by atoms with Crippen LogP contribution in [-0.2, 0) is 9.53 Å². The van der Waals surface area contributed by atoms with Crippen LogP contribution in [-0.4, -0.2) is 40.6 Å². The zero-order chi connectivity index (χ0) is 18.9. The molecule has 5 nitrogen and oxygen atoms in total. The Hall–Kier alpha value is -1.17. The van der Waals surface area contributed by atoms with Crippen LogP contribution in [0.25, 0.3) is 0 Å². The van der Waals surface area contributed by atoms with Gasteiger partial charge in [-0.25, -0.2) is 0 Å². The Morgan fingerprint density at radius 3 is 2.73 bits per heavy atom. The highest BCUT2D eigenvalue weighted by molar-refractivity contribution is 5.64. The fourth-order valence-electron chi connectivity index (χ4n) is 3.81. The summed E-state index contributed by atoms with van der Waals surface area (Å²) in [6.45, 7) is 1.94. The molecule has 0 aromatic rings. The molecule has 3 fully saturated rings. The van der Waals surface area contributed by atoms with Crippen molar-refractivity contribution in [3.63, 3.8) is 0 Å². The van der Waals surface area contributed by atoms with Gasteiger partial charge in [0.25, 0.3) is 0 Å². The van der Waals surface area contributed by atoms with Crippen LogP contribution in [0.2, 0.25) is 0 Å². The number of fused-ring (bicyclic) bond motifs is 2. The number of hydrogen-bond donors (Lipinski definition) is 2. The molecule has 0 aromatic carbocycles. The number of carboxylic acid groups (broad SMARTS) is 1. The summed E-state index contributed by atoms with van der Waals surface area (Å²) in [5.41, 5.74) is 0. The zero-order valence-electron chi connectivity index (χ0n) is 15.8. The molecule has 1 aliphatic carbocycles. The standard InChI is InChI=1S/C21H34O5/c1-2-16(22)9-10-17(23)11-12-20-19(15-13-18(14-15)26-20)7-5-3-4-6-8-21(24)25/h3,5,11-12,15-20,22-23H,2,4,6-10,13-14H2,1H3,(H,24,25)/p-1/b5-3-,12-11+/t15?,16?,17-,18?,19-,20+/m0/s1. The predicted molar refractivity (Wildman–Crippen MR) is 98.2 cm³/mol. The Labute approximate surface area is 156 Å². The molecule has 4 atom stereocenters. The molecule has 148 valence electrons. The van der Waals surface area contributed by atoms with Gasteiger partial charge in [-0.2, -0.15) is 0 Å². The molecular formula is C21H33O5-. The molecule has 1 saturated carbocycles. The van der Waals surface area contributed by atoms with Crippen molar-refractivity contribution in [1.29, 1.82) is 0 Å². The lowest BCUT2D eigenvalue weighted by Crippen LogP contribution is -2.49. The Morgan fingerprint density at radius 2 is 2.04 bits per heavy atom. The van der Waals surface area contributed by atoms with Crippen molar-refractivity contribution >= 4 is 5.97 Å². The molecule has 2 N–H and O–H groups in total. The maximum atomic E-state index is 10.4. The Bertz CT molecular complexity index is 481. The molecule has 5 heteroatoms. The van der Waals surface area contributed by atoms with E-state index in [0.717, 1.165) is 25.7 Å². The summed E-state index contributed by atoms with van der Waals surface area (Å²) < 4.78 is 6.10. The minimum absolute atomic E-state index is 0.0334. The summed E-state index contributed by atoms with van der Waals surface area (Å²) in [7, 11) is 0. The molecule has 3 aliphatic rings. The summed E-state index contributed by atoms with van der Waals surface area (Å²) in [5.74, 6) is 0.104. The zero-order valence-corrected chi connectivity index (χ0v) is 15.8. The summed E-state index contributed by atoms with van der Waals surface area (Å²) in [6, 6.07) is 0. The van der Waals surface area contributed by atoms with Gasteiger partial charge in [-0.15, -0.1) is 0 Å². The molecule has 0 radical (unpaired) electrons. The summed E-state index contributed by atoms with van der Waals surface area (Å²) >= 11 is 0. The maximum Gasteiger partial charge on any atom is 0.0794 e. The Kier molecular flexibility index (Phi) is 8.82. The molecule has 1 unspecified atom stereocenters. The van der Waals surface area contributed by atoms with Crippen molar-refractivity contribution in [3.8, 4) is 0 Å². The van der Waals surface area contributed by atoms with E-state index in [1.807, 2.05) is 19.1 Å². The van der Waals surface area contributed by atoms with Gasteiger partial charge in [0.2, 0.25) is 0 Å². The molecule has 2 aliphatic heterocycles. The van der Waals surface area contributed by atoms with E-state index in [0.29, 0.717) is 43.6 Å². The second-order valence-corrected chi connectivity index (χ2v) is 7.68. The third-order valence-corrected chi connectivity index (χ3v) is 5.62. The summed E-state index contributed by atoms with van der Waals surface area (Å²) in [5, 5.41) is 30.1. The van der Waals surface area contributed by atoms with Crippen LogP contribution in [0.15, 0.2) is 24.3 Å². The van der Waals surface area contributed by atoms with Gasteiger partial charge < -0.3 is 24.9 Å². The van der Waals surface area contributed by atoms with E-state index in [-0.39, 0.29) is 18.6 Å². The van der Waals surface area contributed by atoms with Gasteiger partial charge in [-0.05, 0) is 69.6 Å². The number of aliphatic hydroxyl groups excluding tert-OH is 2. The van der Waals surface area contributed by atoms with E-state index in [2.05, 4.69) is 12.2 Å². The van der Waals surface area contributed by atoms with Crippen molar-refractivity contribution in [3.05, 3.63) is 24.3 Å². The number of carboxylic acids is 1. The van der Waals surface area contributed by atoms with E-state index < -0.39 is 12.1 Å². The maximum absolute atomic E-state index is 10.4. The third-order valence-electron chi connectivity index (χ3n) is 5.62. The number of carbonyl (C=O) groups excluding carboxylic acids is 1. The molecule has 0 spiro atoms. The first-order valence-electron chi connectivity index (χ1n) is 10.0. The van der Waals surface area contributed by atoms with Gasteiger partial charge >= 0.3 is 0 Å². The monoisotopic (exact) mass is 365 g/mol. The SMILES string of the molecule is CCC(O)CC[C@H](O)/C=C/[C@H]1OC2CC(C2)[C@@H]1C/C=C\CCCC(=O)[O-]. The van der Waals surface area contributed by atoms with E-state index in [1.54, 1.807) is 0 Å². The van der Waals surface area contributed by atoms with Gasteiger partial charge in [0.15, 0.2) is 0 Å². The van der Waals surface area contributed by atoms with Crippen LogP contribution in [0.3, 0.4) is 0 Å². The van der Waals surface area contributed by atoms with Gasteiger partial charge in [0.05, 0.1) is 24.4 Å². The van der Waals surface area contributed by atoms with E-state index in [9.17, 15) is 20.1 Å². The molecular weight excluding hydrogens is 332 g/mol. The highest BCUT2D eigenvalue weighted by Crippen LogP contribution is 2.46. The summed E-state index contributed by atoms with van der Waals surface area (Å²) in [6.07, 6.45) is 14.0. The number of carbonyl (C=O) groups is 1. The third kappa shape index (κ3) is 6.86. The summed E-state index contributed by atoms with van der Waals surface area (Å²) in [4.78, 5) is 10.4. The van der Waals surface area contributed by atoms with Crippen molar-refractivity contribution in [1.82, 2.24) is 0 Å². The lowest BCUT2D eigenvalue weighted by molar-refractivity contribution is -0.305. The van der Waals surface area contributed by atoms with E-state index >= 15 is 0 Å². The van der Waals surface area contributed by atoms with Crippen LogP contribution in [0.1, 0.15) is 64.7 Å². The molecule has 2 saturated heterocycles. The smallest absolute Gasteiger partial charge is 0.0794 e. The number of aliphatic hydroxyl groups is 2. The molecule has 3 rings (SSSR count).